The number of carbonyl (C=O) groups excluding carboxylic acids is 1. The Morgan fingerprint density at radius 2 is 2.12 bits per heavy atom. The molecule has 0 N–H and O–H groups in total. The molecule has 2 aromatic rings. The van der Waals surface area contributed by atoms with Crippen LogP contribution < -0.4 is 4.74 Å². The van der Waals surface area contributed by atoms with Crippen LogP contribution in [0.15, 0.2) is 11.4 Å². The molecule has 1 fully saturated rings. The van der Waals surface area contributed by atoms with Crippen LogP contribution >= 0.6 is 11.8 Å². The highest BCUT2D eigenvalue weighted by Crippen LogP contribution is 2.29. The first kappa shape index (κ1) is 17.7. The molecule has 0 unspecified atom stereocenters. The number of methoxy groups -OCH3 is 1. The molecule has 1 amide bonds. The van der Waals surface area contributed by atoms with E-state index in [9.17, 15) is 4.79 Å². The summed E-state index contributed by atoms with van der Waals surface area (Å²) >= 11 is 1.40. The van der Waals surface area contributed by atoms with Crippen LogP contribution in [0.4, 0.5) is 0 Å². The van der Waals surface area contributed by atoms with Crippen molar-refractivity contribution in [3.05, 3.63) is 6.20 Å². The number of morpholine rings is 1. The largest absolute Gasteiger partial charge is 0.479 e. The van der Waals surface area contributed by atoms with Crippen LogP contribution in [0.25, 0.3) is 11.4 Å². The average molecular weight is 366 g/mol. The molecule has 0 radical (unpaired) electrons. The highest BCUT2D eigenvalue weighted by molar-refractivity contribution is 7.99. The summed E-state index contributed by atoms with van der Waals surface area (Å²) in [5.74, 6) is 1.63. The number of ether oxygens (including phenoxy) is 2. The molecule has 1 saturated heterocycles. The molecule has 2 aromatic heterocycles. The SMILES string of the molecule is CCn1c(SCC(=O)N2CCOCC2)nnc1-c1cn(C)nc1OC. The van der Waals surface area contributed by atoms with Crippen molar-refractivity contribution in [3.8, 4) is 17.3 Å². The summed E-state index contributed by atoms with van der Waals surface area (Å²) in [5.41, 5.74) is 0.783. The summed E-state index contributed by atoms with van der Waals surface area (Å²) in [6.45, 7) is 5.22. The fraction of sp³-hybridized carbons (Fsp3) is 0.600. The number of hydrogen-bond donors (Lipinski definition) is 0. The van der Waals surface area contributed by atoms with Gasteiger partial charge in [0.25, 0.3) is 0 Å². The van der Waals surface area contributed by atoms with Crippen molar-refractivity contribution in [1.82, 2.24) is 29.4 Å². The van der Waals surface area contributed by atoms with Gasteiger partial charge in [-0.2, -0.15) is 0 Å². The molecule has 9 nitrogen and oxygen atoms in total. The summed E-state index contributed by atoms with van der Waals surface area (Å²) in [4.78, 5) is 14.1. The molecule has 0 spiro atoms. The van der Waals surface area contributed by atoms with E-state index in [2.05, 4.69) is 15.3 Å². The molecule has 1 aliphatic rings. The lowest BCUT2D eigenvalue weighted by atomic mass is 10.3. The van der Waals surface area contributed by atoms with Gasteiger partial charge in [-0.15, -0.1) is 15.3 Å². The Balaban J connectivity index is 1.74. The maximum Gasteiger partial charge on any atom is 0.243 e. The molecule has 0 aromatic carbocycles. The normalized spacial score (nSPS) is 14.8. The van der Waals surface area contributed by atoms with Gasteiger partial charge < -0.3 is 18.9 Å². The smallest absolute Gasteiger partial charge is 0.243 e. The number of aryl methyl sites for hydroxylation is 1. The quantitative estimate of drug-likeness (QED) is 0.694. The van der Waals surface area contributed by atoms with E-state index in [0.29, 0.717) is 55.5 Å². The van der Waals surface area contributed by atoms with Crippen LogP contribution in [0.5, 0.6) is 5.88 Å². The Morgan fingerprint density at radius 1 is 1.36 bits per heavy atom. The zero-order chi connectivity index (χ0) is 17.8. The van der Waals surface area contributed by atoms with Crippen LogP contribution in [0.1, 0.15) is 6.92 Å². The zero-order valence-corrected chi connectivity index (χ0v) is 15.5. The third kappa shape index (κ3) is 3.79. The molecule has 10 heteroatoms. The molecule has 3 rings (SSSR count). The first-order valence-corrected chi connectivity index (χ1v) is 9.12. The van der Waals surface area contributed by atoms with E-state index in [1.54, 1.807) is 11.8 Å². The van der Waals surface area contributed by atoms with E-state index in [4.69, 9.17) is 9.47 Å². The van der Waals surface area contributed by atoms with E-state index in [1.165, 1.54) is 11.8 Å². The van der Waals surface area contributed by atoms with Crippen LogP contribution in [0, 0.1) is 0 Å². The van der Waals surface area contributed by atoms with Gasteiger partial charge in [0.1, 0.15) is 5.56 Å². The minimum Gasteiger partial charge on any atom is -0.479 e. The zero-order valence-electron chi connectivity index (χ0n) is 14.6. The summed E-state index contributed by atoms with van der Waals surface area (Å²) in [6, 6.07) is 0. The molecule has 1 aliphatic heterocycles. The molecule has 0 saturated carbocycles. The minimum atomic E-state index is 0.0967. The standard InChI is InChI=1S/C15H22N6O3S/c1-4-21-13(11-9-19(2)18-14(11)23-3)16-17-15(21)25-10-12(22)20-5-7-24-8-6-20/h9H,4-8,10H2,1-3H3. The van der Waals surface area contributed by atoms with Crippen molar-refractivity contribution < 1.29 is 14.3 Å². The molecular formula is C15H22N6O3S. The predicted molar refractivity (Wildman–Crippen MR) is 92.6 cm³/mol. The highest BCUT2D eigenvalue weighted by Gasteiger charge is 2.22. The number of aromatic nitrogens is 5. The number of amides is 1. The number of rotatable bonds is 6. The van der Waals surface area contributed by atoms with Gasteiger partial charge in [-0.3, -0.25) is 9.48 Å². The van der Waals surface area contributed by atoms with Gasteiger partial charge in [-0.05, 0) is 6.92 Å². The lowest BCUT2D eigenvalue weighted by Gasteiger charge is -2.26. The van der Waals surface area contributed by atoms with E-state index in [-0.39, 0.29) is 5.91 Å². The molecular weight excluding hydrogens is 344 g/mol. The lowest BCUT2D eigenvalue weighted by molar-refractivity contribution is -0.132. The second-order valence-electron chi connectivity index (χ2n) is 5.56. The second kappa shape index (κ2) is 7.87. The Morgan fingerprint density at radius 3 is 2.80 bits per heavy atom. The monoisotopic (exact) mass is 366 g/mol. The van der Waals surface area contributed by atoms with Crippen LogP contribution in [-0.2, 0) is 23.1 Å². The van der Waals surface area contributed by atoms with E-state index < -0.39 is 0 Å². The summed E-state index contributed by atoms with van der Waals surface area (Å²) in [7, 11) is 3.41. The van der Waals surface area contributed by atoms with Crippen molar-refractivity contribution in [3.63, 3.8) is 0 Å². The van der Waals surface area contributed by atoms with Crippen LogP contribution in [0.3, 0.4) is 0 Å². The minimum absolute atomic E-state index is 0.0967. The van der Waals surface area contributed by atoms with Crippen molar-refractivity contribution in [2.45, 2.75) is 18.6 Å². The number of nitrogens with zero attached hydrogens (tertiary/aromatic N) is 6. The van der Waals surface area contributed by atoms with Gasteiger partial charge in [-0.1, -0.05) is 11.8 Å². The maximum absolute atomic E-state index is 12.3. The highest BCUT2D eigenvalue weighted by atomic mass is 32.2. The van der Waals surface area contributed by atoms with Gasteiger partial charge in [0.15, 0.2) is 11.0 Å². The predicted octanol–water partition coefficient (Wildman–Crippen LogP) is 0.658. The fourth-order valence-electron chi connectivity index (χ4n) is 2.68. The summed E-state index contributed by atoms with van der Waals surface area (Å²) < 4.78 is 14.2. The first-order chi connectivity index (χ1) is 12.1. The lowest BCUT2D eigenvalue weighted by Crippen LogP contribution is -2.41. The van der Waals surface area contributed by atoms with E-state index >= 15 is 0 Å². The number of carbonyl (C=O) groups is 1. The molecule has 0 aliphatic carbocycles. The first-order valence-electron chi connectivity index (χ1n) is 8.13. The molecule has 0 bridgehead atoms. The van der Waals surface area contributed by atoms with Gasteiger partial charge in [0.05, 0.1) is 26.1 Å². The van der Waals surface area contributed by atoms with Gasteiger partial charge in [-0.25, -0.2) is 0 Å². The van der Waals surface area contributed by atoms with Crippen molar-refractivity contribution >= 4 is 17.7 Å². The Kier molecular flexibility index (Phi) is 5.59. The Labute approximate surface area is 150 Å². The molecule has 25 heavy (non-hydrogen) atoms. The van der Waals surface area contributed by atoms with E-state index in [0.717, 1.165) is 5.56 Å². The second-order valence-corrected chi connectivity index (χ2v) is 6.50. The van der Waals surface area contributed by atoms with Crippen LogP contribution in [0.2, 0.25) is 0 Å². The third-order valence-electron chi connectivity index (χ3n) is 3.95. The van der Waals surface area contributed by atoms with Crippen molar-refractivity contribution in [2.24, 2.45) is 7.05 Å². The Hall–Kier alpha value is -2.07. The fourth-order valence-corrected chi connectivity index (χ4v) is 3.59. The summed E-state index contributed by atoms with van der Waals surface area (Å²) in [6.07, 6.45) is 1.85. The molecule has 3 heterocycles. The third-order valence-corrected chi connectivity index (χ3v) is 4.90. The van der Waals surface area contributed by atoms with Gasteiger partial charge in [0, 0.05) is 32.9 Å². The van der Waals surface area contributed by atoms with Crippen LogP contribution in [-0.4, -0.2) is 74.5 Å². The molecule has 136 valence electrons. The number of thioether (sulfide) groups is 1. The molecule has 0 atom stereocenters. The van der Waals surface area contributed by atoms with E-state index in [1.807, 2.05) is 29.6 Å². The topological polar surface area (TPSA) is 87.3 Å². The number of hydrogen-bond acceptors (Lipinski definition) is 7. The average Bonchev–Trinajstić information content (AvgIpc) is 3.22. The Bertz CT molecular complexity index is 738. The maximum atomic E-state index is 12.3. The van der Waals surface area contributed by atoms with Crippen molar-refractivity contribution in [1.29, 1.82) is 0 Å². The van der Waals surface area contributed by atoms with Crippen molar-refractivity contribution in [2.75, 3.05) is 39.2 Å². The summed E-state index contributed by atoms with van der Waals surface area (Å²) in [5, 5.41) is 13.5. The van der Waals surface area contributed by atoms with Gasteiger partial charge in [0.2, 0.25) is 11.8 Å². The van der Waals surface area contributed by atoms with Gasteiger partial charge >= 0.3 is 0 Å².